The number of ether oxygens (including phenoxy) is 3. The highest BCUT2D eigenvalue weighted by Crippen LogP contribution is 2.37. The second-order valence-corrected chi connectivity index (χ2v) is 5.07. The molecule has 0 heterocycles. The Hall–Kier alpha value is -1.46. The minimum atomic E-state index is 0.0377. The zero-order valence-electron chi connectivity index (χ0n) is 13.7. The van der Waals surface area contributed by atoms with Crippen LogP contribution in [0.2, 0.25) is 0 Å². The predicted molar refractivity (Wildman–Crippen MR) is 83.2 cm³/mol. The number of nitrogens with zero attached hydrogens (tertiary/aromatic N) is 1. The van der Waals surface area contributed by atoms with E-state index in [1.165, 1.54) is 14.2 Å². The number of phenolic OH excluding ortho intramolecular Hbond substituents is 1. The van der Waals surface area contributed by atoms with Gasteiger partial charge in [-0.15, -0.1) is 0 Å². The van der Waals surface area contributed by atoms with Gasteiger partial charge >= 0.3 is 0 Å². The molecule has 0 bridgehead atoms. The maximum Gasteiger partial charge on any atom is 0.200 e. The summed E-state index contributed by atoms with van der Waals surface area (Å²) in [6, 6.07) is 4.14. The molecule has 5 nitrogen and oxygen atoms in total. The molecule has 120 valence electrons. The van der Waals surface area contributed by atoms with Gasteiger partial charge in [-0.2, -0.15) is 0 Å². The summed E-state index contributed by atoms with van der Waals surface area (Å²) in [4.78, 5) is 2.34. The highest BCUT2D eigenvalue weighted by molar-refractivity contribution is 5.52. The molecule has 0 aromatic heterocycles. The van der Waals surface area contributed by atoms with Crippen molar-refractivity contribution in [2.45, 2.75) is 32.9 Å². The molecule has 1 unspecified atom stereocenters. The molecule has 1 rings (SSSR count). The molecule has 1 aromatic rings. The van der Waals surface area contributed by atoms with Crippen LogP contribution in [0.3, 0.4) is 0 Å². The lowest BCUT2D eigenvalue weighted by molar-refractivity contribution is 0.118. The van der Waals surface area contributed by atoms with E-state index in [1.807, 2.05) is 12.1 Å². The van der Waals surface area contributed by atoms with Crippen molar-refractivity contribution >= 4 is 0 Å². The number of benzene rings is 1. The third-order valence-electron chi connectivity index (χ3n) is 3.72. The Labute approximate surface area is 127 Å². The van der Waals surface area contributed by atoms with Crippen LogP contribution in [0.4, 0.5) is 0 Å². The largest absolute Gasteiger partial charge is 0.502 e. The second-order valence-electron chi connectivity index (χ2n) is 5.07. The van der Waals surface area contributed by atoms with Crippen molar-refractivity contribution in [3.63, 3.8) is 0 Å². The molecule has 0 radical (unpaired) electrons. The number of hydrogen-bond donors (Lipinski definition) is 1. The third-order valence-corrected chi connectivity index (χ3v) is 3.72. The number of phenols is 1. The first-order chi connectivity index (χ1) is 10.1. The summed E-state index contributed by atoms with van der Waals surface area (Å²) >= 11 is 0. The topological polar surface area (TPSA) is 51.2 Å². The lowest BCUT2D eigenvalue weighted by Gasteiger charge is -2.28. The molecular weight excluding hydrogens is 270 g/mol. The molecule has 0 saturated heterocycles. The molecule has 0 aliphatic carbocycles. The van der Waals surface area contributed by atoms with Gasteiger partial charge in [-0.05, 0) is 31.0 Å². The maximum atomic E-state index is 9.96. The Morgan fingerprint density at radius 3 is 2.14 bits per heavy atom. The van der Waals surface area contributed by atoms with Crippen molar-refractivity contribution in [2.75, 3.05) is 34.5 Å². The molecule has 1 atom stereocenters. The summed E-state index contributed by atoms with van der Waals surface area (Å²) in [5.41, 5.74) is 1.04. The average molecular weight is 297 g/mol. The van der Waals surface area contributed by atoms with Crippen molar-refractivity contribution in [3.8, 4) is 17.2 Å². The summed E-state index contributed by atoms with van der Waals surface area (Å²) in [5.74, 6) is 0.899. The first-order valence-electron chi connectivity index (χ1n) is 7.24. The first kappa shape index (κ1) is 17.6. The van der Waals surface area contributed by atoms with E-state index in [4.69, 9.17) is 14.2 Å². The highest BCUT2D eigenvalue weighted by atomic mass is 16.5. The molecule has 5 heteroatoms. The number of aromatic hydroxyl groups is 1. The summed E-state index contributed by atoms with van der Waals surface area (Å²) in [6.45, 7) is 6.67. The fourth-order valence-electron chi connectivity index (χ4n) is 2.20. The van der Waals surface area contributed by atoms with Crippen LogP contribution >= 0.6 is 0 Å². The minimum Gasteiger partial charge on any atom is -0.502 e. The van der Waals surface area contributed by atoms with E-state index in [9.17, 15) is 5.11 Å². The van der Waals surface area contributed by atoms with Gasteiger partial charge in [0.25, 0.3) is 0 Å². The third kappa shape index (κ3) is 4.79. The van der Waals surface area contributed by atoms with Crippen molar-refractivity contribution in [1.82, 2.24) is 4.90 Å². The number of hydrogen-bond acceptors (Lipinski definition) is 5. The van der Waals surface area contributed by atoms with E-state index in [2.05, 4.69) is 18.7 Å². The Bertz CT molecular complexity index is 411. The molecule has 21 heavy (non-hydrogen) atoms. The van der Waals surface area contributed by atoms with Crippen LogP contribution in [0.25, 0.3) is 0 Å². The normalized spacial score (nSPS) is 12.5. The molecule has 1 aromatic carbocycles. The molecule has 0 aliphatic rings. The molecule has 0 fully saturated rings. The van der Waals surface area contributed by atoms with Crippen LogP contribution in [0.1, 0.15) is 25.8 Å². The zero-order chi connectivity index (χ0) is 15.8. The van der Waals surface area contributed by atoms with Crippen molar-refractivity contribution in [2.24, 2.45) is 0 Å². The van der Waals surface area contributed by atoms with E-state index >= 15 is 0 Å². The lowest BCUT2D eigenvalue weighted by Crippen LogP contribution is -2.34. The van der Waals surface area contributed by atoms with Crippen molar-refractivity contribution < 1.29 is 19.3 Å². The van der Waals surface area contributed by atoms with Gasteiger partial charge < -0.3 is 19.3 Å². The van der Waals surface area contributed by atoms with Crippen LogP contribution in [0, 0.1) is 0 Å². The molecule has 1 N–H and O–H groups in total. The minimum absolute atomic E-state index is 0.0377. The zero-order valence-corrected chi connectivity index (χ0v) is 13.7. The van der Waals surface area contributed by atoms with E-state index in [0.29, 0.717) is 24.1 Å². The number of methoxy groups -OCH3 is 3. The molecule has 0 spiro atoms. The highest BCUT2D eigenvalue weighted by Gasteiger charge is 2.16. The summed E-state index contributed by atoms with van der Waals surface area (Å²) in [6.07, 6.45) is 1.07. The fourth-order valence-corrected chi connectivity index (χ4v) is 2.20. The Morgan fingerprint density at radius 1 is 1.14 bits per heavy atom. The molecule has 0 saturated carbocycles. The van der Waals surface area contributed by atoms with Gasteiger partial charge in [0.1, 0.15) is 0 Å². The second kappa shape index (κ2) is 8.74. The van der Waals surface area contributed by atoms with Crippen LogP contribution < -0.4 is 9.47 Å². The van der Waals surface area contributed by atoms with Crippen molar-refractivity contribution in [1.29, 1.82) is 0 Å². The molecule has 0 amide bonds. The Kier molecular flexibility index (Phi) is 7.32. The van der Waals surface area contributed by atoms with Crippen molar-refractivity contribution in [3.05, 3.63) is 17.7 Å². The van der Waals surface area contributed by atoms with E-state index < -0.39 is 0 Å². The SMILES string of the molecule is CCC(C)N(CCOC)Cc1cc(OC)c(O)c(OC)c1. The van der Waals surface area contributed by atoms with E-state index in [-0.39, 0.29) is 5.75 Å². The van der Waals surface area contributed by atoms with Crippen LogP contribution in [-0.4, -0.2) is 50.5 Å². The summed E-state index contributed by atoms with van der Waals surface area (Å²) in [5, 5.41) is 9.96. The Morgan fingerprint density at radius 2 is 1.71 bits per heavy atom. The Balaban J connectivity index is 2.96. The van der Waals surface area contributed by atoms with E-state index in [1.54, 1.807) is 7.11 Å². The average Bonchev–Trinajstić information content (AvgIpc) is 2.51. The fraction of sp³-hybridized carbons (Fsp3) is 0.625. The smallest absolute Gasteiger partial charge is 0.200 e. The van der Waals surface area contributed by atoms with Crippen LogP contribution in [0.15, 0.2) is 12.1 Å². The van der Waals surface area contributed by atoms with Gasteiger partial charge in [-0.3, -0.25) is 4.90 Å². The van der Waals surface area contributed by atoms with Gasteiger partial charge in [-0.25, -0.2) is 0 Å². The standard InChI is InChI=1S/C16H27NO4/c1-6-12(2)17(7-8-19-3)11-13-9-14(20-4)16(18)15(10-13)21-5/h9-10,12,18H,6-8,11H2,1-5H3. The monoisotopic (exact) mass is 297 g/mol. The van der Waals surface area contributed by atoms with E-state index in [0.717, 1.165) is 25.1 Å². The first-order valence-corrected chi connectivity index (χ1v) is 7.24. The molecular formula is C16H27NO4. The van der Waals surface area contributed by atoms with Crippen LogP contribution in [-0.2, 0) is 11.3 Å². The van der Waals surface area contributed by atoms with Gasteiger partial charge in [0, 0.05) is 26.2 Å². The summed E-state index contributed by atoms with van der Waals surface area (Å²) in [7, 11) is 4.78. The summed E-state index contributed by atoms with van der Waals surface area (Å²) < 4.78 is 15.6. The predicted octanol–water partition coefficient (Wildman–Crippen LogP) is 2.66. The molecule has 0 aliphatic heterocycles. The quantitative estimate of drug-likeness (QED) is 0.759. The number of rotatable bonds is 9. The van der Waals surface area contributed by atoms with Gasteiger partial charge in [-0.1, -0.05) is 6.92 Å². The maximum absolute atomic E-state index is 9.96. The van der Waals surface area contributed by atoms with Crippen LogP contribution in [0.5, 0.6) is 17.2 Å². The van der Waals surface area contributed by atoms with Gasteiger partial charge in [0.2, 0.25) is 5.75 Å². The van der Waals surface area contributed by atoms with Gasteiger partial charge in [0.05, 0.1) is 20.8 Å². The lowest BCUT2D eigenvalue weighted by atomic mass is 10.1. The van der Waals surface area contributed by atoms with Gasteiger partial charge in [0.15, 0.2) is 11.5 Å².